The normalized spacial score (nSPS) is 22.5. The van der Waals surface area contributed by atoms with Crippen LogP contribution in [-0.4, -0.2) is 12.5 Å². The maximum absolute atomic E-state index is 12.2. The van der Waals surface area contributed by atoms with Gasteiger partial charge < -0.3 is 5.32 Å². The molecule has 1 aromatic rings. The molecular weight excluding hydrogens is 304 g/mol. The van der Waals surface area contributed by atoms with E-state index < -0.39 is 0 Å². The first-order valence-corrected chi connectivity index (χ1v) is 7.42. The van der Waals surface area contributed by atoms with Gasteiger partial charge in [0.15, 0.2) is 0 Å². The van der Waals surface area contributed by atoms with Crippen LogP contribution in [0.4, 0.5) is 0 Å². The van der Waals surface area contributed by atoms with E-state index in [1.165, 1.54) is 12.0 Å². The fraction of sp³-hybridized carbons (Fsp3) is 0.467. The van der Waals surface area contributed by atoms with Gasteiger partial charge in [0.25, 0.3) is 0 Å². The third-order valence-corrected chi connectivity index (χ3v) is 4.21. The van der Waals surface area contributed by atoms with Crippen LogP contribution in [0.3, 0.4) is 0 Å². The van der Waals surface area contributed by atoms with E-state index in [1.807, 2.05) is 18.2 Å². The summed E-state index contributed by atoms with van der Waals surface area (Å²) in [7, 11) is 0. The maximum atomic E-state index is 12.2. The third-order valence-electron chi connectivity index (χ3n) is 3.72. The average Bonchev–Trinajstić information content (AvgIpc) is 2.45. The van der Waals surface area contributed by atoms with E-state index >= 15 is 0 Å². The van der Waals surface area contributed by atoms with E-state index in [0.29, 0.717) is 0 Å². The van der Waals surface area contributed by atoms with Crippen molar-refractivity contribution in [3.63, 3.8) is 0 Å². The van der Waals surface area contributed by atoms with E-state index in [0.717, 1.165) is 23.7 Å². The minimum absolute atomic E-state index is 0.00333. The molecule has 1 aliphatic carbocycles. The van der Waals surface area contributed by atoms with Crippen molar-refractivity contribution in [1.29, 1.82) is 5.26 Å². The molecule has 4 heteroatoms. The number of nitriles is 1. The van der Waals surface area contributed by atoms with E-state index in [9.17, 15) is 4.79 Å². The highest BCUT2D eigenvalue weighted by Gasteiger charge is 2.31. The highest BCUT2D eigenvalue weighted by atomic mass is 79.9. The van der Waals surface area contributed by atoms with Gasteiger partial charge >= 0.3 is 0 Å². The van der Waals surface area contributed by atoms with Crippen LogP contribution in [0.5, 0.6) is 0 Å². The van der Waals surface area contributed by atoms with Crippen LogP contribution in [0.15, 0.2) is 28.7 Å². The molecule has 1 aromatic carbocycles. The Kier molecular flexibility index (Phi) is 4.98. The number of hydrogen-bond acceptors (Lipinski definition) is 2. The van der Waals surface area contributed by atoms with Crippen molar-refractivity contribution in [2.45, 2.75) is 31.6 Å². The number of carbonyl (C=O) groups is 1. The number of rotatable bonds is 3. The Labute approximate surface area is 122 Å². The van der Waals surface area contributed by atoms with Gasteiger partial charge in [0, 0.05) is 10.4 Å². The molecule has 1 fully saturated rings. The summed E-state index contributed by atoms with van der Waals surface area (Å²) in [4.78, 5) is 12.2. The van der Waals surface area contributed by atoms with Crippen LogP contribution in [-0.2, 0) is 4.79 Å². The third kappa shape index (κ3) is 3.57. The van der Waals surface area contributed by atoms with Gasteiger partial charge in [0.2, 0.25) is 5.91 Å². The molecule has 0 bridgehead atoms. The first kappa shape index (κ1) is 14.1. The fourth-order valence-corrected chi connectivity index (χ4v) is 3.26. The largest absolute Gasteiger partial charge is 0.343 e. The SMILES string of the molecule is N#CCNC(=O)C1CCCCC1c1cccc(Br)c1. The van der Waals surface area contributed by atoms with Crippen LogP contribution >= 0.6 is 15.9 Å². The van der Waals surface area contributed by atoms with Crippen molar-refractivity contribution in [1.82, 2.24) is 5.32 Å². The topological polar surface area (TPSA) is 52.9 Å². The minimum Gasteiger partial charge on any atom is -0.343 e. The minimum atomic E-state index is -0.00333. The van der Waals surface area contributed by atoms with Crippen LogP contribution in [0, 0.1) is 17.2 Å². The number of amides is 1. The lowest BCUT2D eigenvalue weighted by Crippen LogP contribution is -2.36. The van der Waals surface area contributed by atoms with Crippen molar-refractivity contribution < 1.29 is 4.79 Å². The van der Waals surface area contributed by atoms with Crippen LogP contribution < -0.4 is 5.32 Å². The molecule has 1 N–H and O–H groups in total. The van der Waals surface area contributed by atoms with Gasteiger partial charge in [0.1, 0.15) is 6.54 Å². The van der Waals surface area contributed by atoms with Crippen LogP contribution in [0.2, 0.25) is 0 Å². The summed E-state index contributed by atoms with van der Waals surface area (Å²) in [6, 6.07) is 10.2. The molecule has 0 spiro atoms. The van der Waals surface area contributed by atoms with Gasteiger partial charge in [-0.2, -0.15) is 5.26 Å². The molecular formula is C15H17BrN2O. The molecule has 0 saturated heterocycles. The Hall–Kier alpha value is -1.34. The van der Waals surface area contributed by atoms with Gasteiger partial charge in [-0.15, -0.1) is 0 Å². The highest BCUT2D eigenvalue weighted by molar-refractivity contribution is 9.10. The number of hydrogen-bond donors (Lipinski definition) is 1. The summed E-state index contributed by atoms with van der Waals surface area (Å²) in [5, 5.41) is 11.3. The number of nitrogens with one attached hydrogen (secondary N) is 1. The maximum Gasteiger partial charge on any atom is 0.224 e. The number of carbonyl (C=O) groups excluding carboxylic acids is 1. The summed E-state index contributed by atoms with van der Waals surface area (Å²) in [6.45, 7) is 0.0978. The quantitative estimate of drug-likeness (QED) is 0.868. The molecule has 0 aliphatic heterocycles. The molecule has 2 rings (SSSR count). The molecule has 0 aromatic heterocycles. The van der Waals surface area contributed by atoms with E-state index in [4.69, 9.17) is 5.26 Å². The van der Waals surface area contributed by atoms with E-state index in [2.05, 4.69) is 33.4 Å². The number of halogens is 1. The van der Waals surface area contributed by atoms with Gasteiger partial charge in [-0.3, -0.25) is 4.79 Å². The van der Waals surface area contributed by atoms with Gasteiger partial charge in [-0.25, -0.2) is 0 Å². The van der Waals surface area contributed by atoms with Crippen molar-refractivity contribution >= 4 is 21.8 Å². The Morgan fingerprint density at radius 3 is 2.95 bits per heavy atom. The Morgan fingerprint density at radius 2 is 2.21 bits per heavy atom. The van der Waals surface area contributed by atoms with Gasteiger partial charge in [-0.1, -0.05) is 40.9 Å². The standard InChI is InChI=1S/C15H17BrN2O/c16-12-5-3-4-11(10-12)13-6-1-2-7-14(13)15(19)18-9-8-17/h3-5,10,13-14H,1-2,6-7,9H2,(H,18,19). The zero-order valence-electron chi connectivity index (χ0n) is 10.7. The number of nitrogens with zero attached hydrogens (tertiary/aromatic N) is 1. The van der Waals surface area contributed by atoms with E-state index in [1.54, 1.807) is 0 Å². The van der Waals surface area contributed by atoms with Crippen molar-refractivity contribution in [2.24, 2.45) is 5.92 Å². The molecule has 1 saturated carbocycles. The summed E-state index contributed by atoms with van der Waals surface area (Å²) in [6.07, 6.45) is 4.21. The first-order chi connectivity index (χ1) is 9.22. The summed E-state index contributed by atoms with van der Waals surface area (Å²) in [5.41, 5.74) is 1.21. The van der Waals surface area contributed by atoms with Gasteiger partial charge in [-0.05, 0) is 36.5 Å². The zero-order valence-corrected chi connectivity index (χ0v) is 12.3. The highest BCUT2D eigenvalue weighted by Crippen LogP contribution is 2.38. The predicted molar refractivity (Wildman–Crippen MR) is 77.5 cm³/mol. The monoisotopic (exact) mass is 320 g/mol. The lowest BCUT2D eigenvalue weighted by molar-refractivity contribution is -0.126. The molecule has 0 heterocycles. The molecule has 19 heavy (non-hydrogen) atoms. The Morgan fingerprint density at radius 1 is 1.42 bits per heavy atom. The first-order valence-electron chi connectivity index (χ1n) is 6.62. The second-order valence-electron chi connectivity index (χ2n) is 4.93. The van der Waals surface area contributed by atoms with Crippen molar-refractivity contribution in [3.8, 4) is 6.07 Å². The second kappa shape index (κ2) is 6.72. The molecule has 100 valence electrons. The summed E-state index contributed by atoms with van der Waals surface area (Å²) >= 11 is 3.48. The lowest BCUT2D eigenvalue weighted by atomic mass is 9.75. The molecule has 0 radical (unpaired) electrons. The molecule has 2 atom stereocenters. The van der Waals surface area contributed by atoms with Crippen LogP contribution in [0.25, 0.3) is 0 Å². The fourth-order valence-electron chi connectivity index (χ4n) is 2.84. The number of benzene rings is 1. The van der Waals surface area contributed by atoms with E-state index in [-0.39, 0.29) is 24.3 Å². The van der Waals surface area contributed by atoms with Gasteiger partial charge in [0.05, 0.1) is 6.07 Å². The Balaban J connectivity index is 2.16. The Bertz CT molecular complexity index is 495. The molecule has 2 unspecified atom stereocenters. The zero-order chi connectivity index (χ0) is 13.7. The molecule has 3 nitrogen and oxygen atoms in total. The summed E-state index contributed by atoms with van der Waals surface area (Å²) in [5.74, 6) is 0.285. The molecule has 1 amide bonds. The smallest absolute Gasteiger partial charge is 0.224 e. The summed E-state index contributed by atoms with van der Waals surface area (Å²) < 4.78 is 1.05. The predicted octanol–water partition coefficient (Wildman–Crippen LogP) is 3.36. The molecule has 1 aliphatic rings. The average molecular weight is 321 g/mol. The van der Waals surface area contributed by atoms with Crippen molar-refractivity contribution in [3.05, 3.63) is 34.3 Å². The second-order valence-corrected chi connectivity index (χ2v) is 5.84. The van der Waals surface area contributed by atoms with Crippen LogP contribution in [0.1, 0.15) is 37.2 Å². The lowest BCUT2D eigenvalue weighted by Gasteiger charge is -2.30. The van der Waals surface area contributed by atoms with Crippen molar-refractivity contribution in [2.75, 3.05) is 6.54 Å².